The van der Waals surface area contributed by atoms with E-state index in [0.29, 0.717) is 0 Å². The highest BCUT2D eigenvalue weighted by Crippen LogP contribution is 2.13. The van der Waals surface area contributed by atoms with E-state index in [1.54, 1.807) is 0 Å². The molecule has 0 radical (unpaired) electrons. The highest BCUT2D eigenvalue weighted by atomic mass is 16.5. The average Bonchev–Trinajstić information content (AvgIpc) is 2.48. The standard InChI is InChI=1S/C14H21N3O2/c15-14(17-18)13-3-1-11(2-4-13)9-16-10-12-5-7-19-8-6-12/h1-4,12,16,18H,5-10H2,(H2,15,17). The fourth-order valence-corrected chi connectivity index (χ4v) is 2.22. The van der Waals surface area contributed by atoms with E-state index in [9.17, 15) is 0 Å². The largest absolute Gasteiger partial charge is 0.409 e. The summed E-state index contributed by atoms with van der Waals surface area (Å²) in [6, 6.07) is 7.70. The zero-order chi connectivity index (χ0) is 13.5. The van der Waals surface area contributed by atoms with Gasteiger partial charge in [-0.2, -0.15) is 0 Å². The summed E-state index contributed by atoms with van der Waals surface area (Å²) in [5, 5.41) is 15.0. The van der Waals surface area contributed by atoms with Gasteiger partial charge < -0.3 is 21.0 Å². The van der Waals surface area contributed by atoms with Crippen molar-refractivity contribution in [2.45, 2.75) is 19.4 Å². The number of ether oxygens (including phenoxy) is 1. The highest BCUT2D eigenvalue weighted by Gasteiger charge is 2.12. The van der Waals surface area contributed by atoms with Crippen molar-refractivity contribution in [3.63, 3.8) is 0 Å². The molecule has 1 fully saturated rings. The van der Waals surface area contributed by atoms with Crippen molar-refractivity contribution in [2.75, 3.05) is 19.8 Å². The lowest BCUT2D eigenvalue weighted by Crippen LogP contribution is -2.27. The first-order valence-electron chi connectivity index (χ1n) is 6.65. The number of hydrogen-bond acceptors (Lipinski definition) is 4. The van der Waals surface area contributed by atoms with Gasteiger partial charge in [-0.1, -0.05) is 29.4 Å². The molecule has 0 atom stereocenters. The Morgan fingerprint density at radius 3 is 2.63 bits per heavy atom. The van der Waals surface area contributed by atoms with Crippen LogP contribution in [0.1, 0.15) is 24.0 Å². The predicted octanol–water partition coefficient (Wildman–Crippen LogP) is 1.30. The molecule has 1 aromatic rings. The van der Waals surface area contributed by atoms with Crippen molar-refractivity contribution in [1.29, 1.82) is 0 Å². The first kappa shape index (κ1) is 13.8. The van der Waals surface area contributed by atoms with E-state index in [0.717, 1.165) is 50.6 Å². The van der Waals surface area contributed by atoms with Crippen LogP contribution < -0.4 is 11.1 Å². The Balaban J connectivity index is 1.76. The molecule has 1 aliphatic heterocycles. The zero-order valence-corrected chi connectivity index (χ0v) is 11.0. The number of nitrogens with one attached hydrogen (secondary N) is 1. The second-order valence-electron chi connectivity index (χ2n) is 4.87. The van der Waals surface area contributed by atoms with Gasteiger partial charge in [0, 0.05) is 25.3 Å². The van der Waals surface area contributed by atoms with Gasteiger partial charge in [0.2, 0.25) is 0 Å². The summed E-state index contributed by atoms with van der Waals surface area (Å²) in [5.74, 6) is 0.868. The van der Waals surface area contributed by atoms with E-state index >= 15 is 0 Å². The van der Waals surface area contributed by atoms with Crippen molar-refractivity contribution in [1.82, 2.24) is 5.32 Å². The normalized spacial score (nSPS) is 17.6. The van der Waals surface area contributed by atoms with Crippen molar-refractivity contribution in [3.05, 3.63) is 35.4 Å². The molecular formula is C14H21N3O2. The molecule has 5 heteroatoms. The van der Waals surface area contributed by atoms with Gasteiger partial charge in [-0.25, -0.2) is 0 Å². The highest BCUT2D eigenvalue weighted by molar-refractivity contribution is 5.96. The van der Waals surface area contributed by atoms with Gasteiger partial charge in [-0.3, -0.25) is 0 Å². The Bertz CT molecular complexity index is 411. The molecule has 1 saturated heterocycles. The van der Waals surface area contributed by atoms with Gasteiger partial charge in [-0.15, -0.1) is 0 Å². The second kappa shape index (κ2) is 7.11. The number of nitrogens with two attached hydrogens (primary N) is 1. The number of hydrogen-bond donors (Lipinski definition) is 3. The molecule has 104 valence electrons. The molecule has 1 aliphatic rings. The molecule has 0 bridgehead atoms. The Labute approximate surface area is 113 Å². The summed E-state index contributed by atoms with van der Waals surface area (Å²) in [6.07, 6.45) is 2.30. The zero-order valence-electron chi connectivity index (χ0n) is 11.0. The van der Waals surface area contributed by atoms with Crippen molar-refractivity contribution in [3.8, 4) is 0 Å². The Morgan fingerprint density at radius 1 is 1.32 bits per heavy atom. The average molecular weight is 263 g/mol. The predicted molar refractivity (Wildman–Crippen MR) is 74.2 cm³/mol. The van der Waals surface area contributed by atoms with E-state index in [1.807, 2.05) is 24.3 Å². The van der Waals surface area contributed by atoms with E-state index in [-0.39, 0.29) is 5.84 Å². The molecule has 0 aliphatic carbocycles. The summed E-state index contributed by atoms with van der Waals surface area (Å²) in [4.78, 5) is 0. The molecule has 0 spiro atoms. The molecule has 2 rings (SSSR count). The van der Waals surface area contributed by atoms with Gasteiger partial charge in [0.25, 0.3) is 0 Å². The third-order valence-electron chi connectivity index (χ3n) is 3.46. The quantitative estimate of drug-likeness (QED) is 0.324. The molecule has 1 aromatic carbocycles. The molecule has 0 aromatic heterocycles. The molecule has 1 heterocycles. The summed E-state index contributed by atoms with van der Waals surface area (Å²) in [6.45, 7) is 3.65. The monoisotopic (exact) mass is 263 g/mol. The van der Waals surface area contributed by atoms with Crippen LogP contribution in [0.25, 0.3) is 0 Å². The third kappa shape index (κ3) is 4.22. The van der Waals surface area contributed by atoms with Crippen LogP contribution in [0, 0.1) is 5.92 Å². The van der Waals surface area contributed by atoms with Crippen LogP contribution in [0.2, 0.25) is 0 Å². The molecule has 19 heavy (non-hydrogen) atoms. The minimum Gasteiger partial charge on any atom is -0.409 e. The smallest absolute Gasteiger partial charge is 0.170 e. The van der Waals surface area contributed by atoms with Gasteiger partial charge in [0.15, 0.2) is 5.84 Å². The van der Waals surface area contributed by atoms with E-state index in [4.69, 9.17) is 15.7 Å². The SMILES string of the molecule is NC(=NO)c1ccc(CNCC2CCOCC2)cc1. The summed E-state index contributed by atoms with van der Waals surface area (Å²) >= 11 is 0. The third-order valence-corrected chi connectivity index (χ3v) is 3.46. The van der Waals surface area contributed by atoms with Crippen LogP contribution in [0.4, 0.5) is 0 Å². The second-order valence-corrected chi connectivity index (χ2v) is 4.87. The van der Waals surface area contributed by atoms with E-state index in [2.05, 4.69) is 10.5 Å². The van der Waals surface area contributed by atoms with Crippen LogP contribution in [0.5, 0.6) is 0 Å². The molecule has 5 nitrogen and oxygen atoms in total. The Hall–Kier alpha value is -1.59. The molecule has 0 saturated carbocycles. The number of rotatable bonds is 5. The van der Waals surface area contributed by atoms with Gasteiger partial charge in [0.1, 0.15) is 0 Å². The molecule has 0 unspecified atom stereocenters. The van der Waals surface area contributed by atoms with Crippen molar-refractivity contribution < 1.29 is 9.94 Å². The number of amidine groups is 1. The maximum Gasteiger partial charge on any atom is 0.170 e. The summed E-state index contributed by atoms with van der Waals surface area (Å²) in [7, 11) is 0. The van der Waals surface area contributed by atoms with Crippen LogP contribution in [0.3, 0.4) is 0 Å². The van der Waals surface area contributed by atoms with Gasteiger partial charge in [0.05, 0.1) is 0 Å². The number of oxime groups is 1. The summed E-state index contributed by atoms with van der Waals surface area (Å²) < 4.78 is 5.34. The first-order chi connectivity index (χ1) is 9.29. The van der Waals surface area contributed by atoms with Crippen LogP contribution in [0.15, 0.2) is 29.4 Å². The van der Waals surface area contributed by atoms with Crippen molar-refractivity contribution in [2.24, 2.45) is 16.8 Å². The number of nitrogens with zero attached hydrogens (tertiary/aromatic N) is 1. The Morgan fingerprint density at radius 2 is 2.00 bits per heavy atom. The van der Waals surface area contributed by atoms with Gasteiger partial charge in [-0.05, 0) is 30.9 Å². The van der Waals surface area contributed by atoms with Gasteiger partial charge >= 0.3 is 0 Å². The minimum atomic E-state index is 0.140. The molecular weight excluding hydrogens is 242 g/mol. The lowest BCUT2D eigenvalue weighted by molar-refractivity contribution is 0.0662. The van der Waals surface area contributed by atoms with E-state index < -0.39 is 0 Å². The van der Waals surface area contributed by atoms with Crippen LogP contribution >= 0.6 is 0 Å². The topological polar surface area (TPSA) is 79.9 Å². The van der Waals surface area contributed by atoms with Crippen LogP contribution in [-0.4, -0.2) is 30.8 Å². The minimum absolute atomic E-state index is 0.140. The van der Waals surface area contributed by atoms with Crippen molar-refractivity contribution >= 4 is 5.84 Å². The number of benzene rings is 1. The summed E-state index contributed by atoms with van der Waals surface area (Å²) in [5.41, 5.74) is 7.44. The van der Waals surface area contributed by atoms with Crippen LogP contribution in [-0.2, 0) is 11.3 Å². The lowest BCUT2D eigenvalue weighted by Gasteiger charge is -2.22. The fourth-order valence-electron chi connectivity index (χ4n) is 2.22. The Kier molecular flexibility index (Phi) is 5.18. The molecule has 4 N–H and O–H groups in total. The fraction of sp³-hybridized carbons (Fsp3) is 0.500. The lowest BCUT2D eigenvalue weighted by atomic mass is 10.0. The van der Waals surface area contributed by atoms with E-state index in [1.165, 1.54) is 5.56 Å². The molecule has 0 amide bonds. The maximum atomic E-state index is 8.58. The first-order valence-corrected chi connectivity index (χ1v) is 6.65. The maximum absolute atomic E-state index is 8.58.